The molecule has 164 valence electrons. The first-order valence-electron chi connectivity index (χ1n) is 11.5. The Bertz CT molecular complexity index is 975. The predicted octanol–water partition coefficient (Wildman–Crippen LogP) is 3.47. The Morgan fingerprint density at radius 2 is 1.68 bits per heavy atom. The topological polar surface area (TPSA) is 43.9 Å². The second-order valence-electron chi connectivity index (χ2n) is 9.15. The SMILES string of the molecule is Cc1ccccc1[C@H]1c2ccsc2CCN1[C@@H](C)C(=O)N1CCN(C(=O)C2CC2)CC1. The number of benzene rings is 1. The van der Waals surface area contributed by atoms with Gasteiger partial charge in [-0.2, -0.15) is 0 Å². The largest absolute Gasteiger partial charge is 0.339 e. The van der Waals surface area contributed by atoms with Crippen molar-refractivity contribution in [2.24, 2.45) is 5.92 Å². The molecular weight excluding hydrogens is 406 g/mol. The number of hydrogen-bond donors (Lipinski definition) is 0. The van der Waals surface area contributed by atoms with E-state index in [9.17, 15) is 9.59 Å². The van der Waals surface area contributed by atoms with Gasteiger partial charge < -0.3 is 9.80 Å². The van der Waals surface area contributed by atoms with E-state index in [2.05, 4.69) is 54.5 Å². The maximum absolute atomic E-state index is 13.5. The van der Waals surface area contributed by atoms with Gasteiger partial charge in [0.15, 0.2) is 0 Å². The highest BCUT2D eigenvalue weighted by Crippen LogP contribution is 2.40. The molecule has 0 bridgehead atoms. The molecule has 31 heavy (non-hydrogen) atoms. The highest BCUT2D eigenvalue weighted by atomic mass is 32.1. The zero-order valence-electron chi connectivity index (χ0n) is 18.4. The third-order valence-electron chi connectivity index (χ3n) is 7.17. The number of thiophene rings is 1. The van der Waals surface area contributed by atoms with Crippen LogP contribution < -0.4 is 0 Å². The van der Waals surface area contributed by atoms with Gasteiger partial charge in [-0.1, -0.05) is 24.3 Å². The molecule has 6 heteroatoms. The van der Waals surface area contributed by atoms with Crippen LogP contribution in [0, 0.1) is 12.8 Å². The molecule has 5 nitrogen and oxygen atoms in total. The molecule has 2 aromatic rings. The summed E-state index contributed by atoms with van der Waals surface area (Å²) in [5, 5.41) is 2.18. The van der Waals surface area contributed by atoms with Gasteiger partial charge in [0.1, 0.15) is 0 Å². The standard InChI is InChI=1S/C25H31N3O2S/c1-17-5-3-4-6-20(17)23-21-10-16-31-22(21)9-11-28(23)18(2)24(29)26-12-14-27(15-13-26)25(30)19-7-8-19/h3-6,10,16,18-19,23H,7-9,11-15H2,1-2H3/t18-,23-/m0/s1. The molecule has 5 rings (SSSR count). The Morgan fingerprint density at radius 3 is 2.39 bits per heavy atom. The highest BCUT2D eigenvalue weighted by molar-refractivity contribution is 7.10. The van der Waals surface area contributed by atoms with Gasteiger partial charge in [-0.3, -0.25) is 14.5 Å². The third-order valence-corrected chi connectivity index (χ3v) is 8.17. The van der Waals surface area contributed by atoms with E-state index < -0.39 is 0 Å². The summed E-state index contributed by atoms with van der Waals surface area (Å²) in [6.45, 7) is 7.75. The van der Waals surface area contributed by atoms with E-state index in [1.165, 1.54) is 21.6 Å². The summed E-state index contributed by atoms with van der Waals surface area (Å²) in [7, 11) is 0. The Hall–Kier alpha value is -2.18. The Labute approximate surface area is 188 Å². The fraction of sp³-hybridized carbons (Fsp3) is 0.520. The molecule has 2 atom stereocenters. The van der Waals surface area contributed by atoms with E-state index in [0.29, 0.717) is 32.1 Å². The second-order valence-corrected chi connectivity index (χ2v) is 10.1. The van der Waals surface area contributed by atoms with Gasteiger partial charge in [0.25, 0.3) is 0 Å². The summed E-state index contributed by atoms with van der Waals surface area (Å²) >= 11 is 1.83. The van der Waals surface area contributed by atoms with Crippen LogP contribution in [-0.4, -0.2) is 65.3 Å². The van der Waals surface area contributed by atoms with Crippen LogP contribution in [0.5, 0.6) is 0 Å². The number of piperazine rings is 1. The molecule has 3 aliphatic rings. The molecule has 1 saturated heterocycles. The van der Waals surface area contributed by atoms with E-state index in [0.717, 1.165) is 25.8 Å². The van der Waals surface area contributed by atoms with Gasteiger partial charge in [0, 0.05) is 43.5 Å². The minimum absolute atomic E-state index is 0.118. The van der Waals surface area contributed by atoms with Crippen LogP contribution in [-0.2, 0) is 16.0 Å². The lowest BCUT2D eigenvalue weighted by Gasteiger charge is -2.43. The fourth-order valence-corrected chi connectivity index (χ4v) is 6.04. The monoisotopic (exact) mass is 437 g/mol. The molecule has 0 unspecified atom stereocenters. The molecule has 1 aromatic carbocycles. The van der Waals surface area contributed by atoms with Crippen LogP contribution in [0.4, 0.5) is 0 Å². The number of carbonyl (C=O) groups excluding carboxylic acids is 2. The van der Waals surface area contributed by atoms with E-state index in [4.69, 9.17) is 0 Å². The smallest absolute Gasteiger partial charge is 0.239 e. The number of hydrogen-bond acceptors (Lipinski definition) is 4. The molecule has 1 saturated carbocycles. The predicted molar refractivity (Wildman–Crippen MR) is 123 cm³/mol. The van der Waals surface area contributed by atoms with Crippen molar-refractivity contribution in [1.82, 2.24) is 14.7 Å². The van der Waals surface area contributed by atoms with Gasteiger partial charge in [-0.15, -0.1) is 11.3 Å². The number of aryl methyl sites for hydroxylation is 1. The lowest BCUT2D eigenvalue weighted by atomic mass is 9.89. The lowest BCUT2D eigenvalue weighted by Crippen LogP contribution is -2.56. The van der Waals surface area contributed by atoms with Crippen LogP contribution in [0.3, 0.4) is 0 Å². The van der Waals surface area contributed by atoms with Crippen LogP contribution >= 0.6 is 11.3 Å². The minimum Gasteiger partial charge on any atom is -0.339 e. The molecule has 0 radical (unpaired) electrons. The van der Waals surface area contributed by atoms with Gasteiger partial charge in [-0.05, 0) is 61.2 Å². The molecule has 1 aliphatic carbocycles. The Morgan fingerprint density at radius 1 is 0.968 bits per heavy atom. The maximum atomic E-state index is 13.5. The normalized spacial score (nSPS) is 22.8. The number of nitrogens with zero attached hydrogens (tertiary/aromatic N) is 3. The zero-order chi connectivity index (χ0) is 21.5. The molecular formula is C25H31N3O2S. The first-order chi connectivity index (χ1) is 15.0. The summed E-state index contributed by atoms with van der Waals surface area (Å²) in [5.41, 5.74) is 3.91. The molecule has 2 amide bonds. The van der Waals surface area contributed by atoms with E-state index in [1.54, 1.807) is 0 Å². The first-order valence-corrected chi connectivity index (χ1v) is 12.4. The van der Waals surface area contributed by atoms with Crippen LogP contribution in [0.1, 0.15) is 47.4 Å². The third kappa shape index (κ3) is 3.92. The maximum Gasteiger partial charge on any atom is 0.239 e. The van der Waals surface area contributed by atoms with Gasteiger partial charge in [-0.25, -0.2) is 0 Å². The highest BCUT2D eigenvalue weighted by Gasteiger charge is 2.39. The van der Waals surface area contributed by atoms with Crippen molar-refractivity contribution in [3.05, 3.63) is 57.3 Å². The van der Waals surface area contributed by atoms with Crippen molar-refractivity contribution >= 4 is 23.2 Å². The van der Waals surface area contributed by atoms with Crippen molar-refractivity contribution in [2.45, 2.75) is 45.2 Å². The quantitative estimate of drug-likeness (QED) is 0.736. The van der Waals surface area contributed by atoms with Crippen LogP contribution in [0.2, 0.25) is 0 Å². The van der Waals surface area contributed by atoms with Crippen molar-refractivity contribution in [1.29, 1.82) is 0 Å². The number of carbonyl (C=O) groups is 2. The van der Waals surface area contributed by atoms with Crippen molar-refractivity contribution in [2.75, 3.05) is 32.7 Å². The van der Waals surface area contributed by atoms with Crippen LogP contribution in [0.15, 0.2) is 35.7 Å². The number of fused-ring (bicyclic) bond motifs is 1. The second kappa shape index (κ2) is 8.40. The summed E-state index contributed by atoms with van der Waals surface area (Å²) in [6, 6.07) is 10.7. The molecule has 0 spiro atoms. The Kier molecular flexibility index (Phi) is 5.61. The molecule has 2 fully saturated rings. The molecule has 3 heterocycles. The summed E-state index contributed by atoms with van der Waals surface area (Å²) < 4.78 is 0. The van der Waals surface area contributed by atoms with Crippen molar-refractivity contribution in [3.63, 3.8) is 0 Å². The average Bonchev–Trinajstić information content (AvgIpc) is 3.54. The summed E-state index contributed by atoms with van der Waals surface area (Å²) in [6.07, 6.45) is 3.07. The van der Waals surface area contributed by atoms with E-state index in [-0.39, 0.29) is 23.9 Å². The molecule has 1 aromatic heterocycles. The minimum atomic E-state index is -0.191. The molecule has 0 N–H and O–H groups in total. The van der Waals surface area contributed by atoms with E-state index in [1.807, 2.05) is 21.1 Å². The zero-order valence-corrected chi connectivity index (χ0v) is 19.2. The van der Waals surface area contributed by atoms with Crippen molar-refractivity contribution in [3.8, 4) is 0 Å². The molecule has 2 aliphatic heterocycles. The van der Waals surface area contributed by atoms with Crippen LogP contribution in [0.25, 0.3) is 0 Å². The first kappa shape index (κ1) is 20.7. The fourth-order valence-electron chi connectivity index (χ4n) is 5.13. The lowest BCUT2D eigenvalue weighted by molar-refractivity contribution is -0.143. The Balaban J connectivity index is 1.34. The summed E-state index contributed by atoms with van der Waals surface area (Å²) in [4.78, 5) is 33.6. The van der Waals surface area contributed by atoms with Crippen molar-refractivity contribution < 1.29 is 9.59 Å². The van der Waals surface area contributed by atoms with Gasteiger partial charge >= 0.3 is 0 Å². The van der Waals surface area contributed by atoms with Gasteiger partial charge in [0.2, 0.25) is 11.8 Å². The van der Waals surface area contributed by atoms with Gasteiger partial charge in [0.05, 0.1) is 12.1 Å². The van der Waals surface area contributed by atoms with E-state index >= 15 is 0 Å². The number of rotatable bonds is 4. The number of amides is 2. The summed E-state index contributed by atoms with van der Waals surface area (Å²) in [5.74, 6) is 0.737. The average molecular weight is 438 g/mol.